The van der Waals surface area contributed by atoms with Crippen LogP contribution in [0.25, 0.3) is 0 Å². The highest BCUT2D eigenvalue weighted by Gasteiger charge is 2.44. The average molecular weight is 290 g/mol. The van der Waals surface area contributed by atoms with Gasteiger partial charge >= 0.3 is 9.05 Å². The van der Waals surface area contributed by atoms with Gasteiger partial charge in [-0.15, -0.1) is 0 Å². The largest absolute Gasteiger partial charge is 0.679 e. The molecule has 2 rings (SSSR count). The van der Waals surface area contributed by atoms with Gasteiger partial charge in [-0.3, -0.25) is 0 Å². The first-order chi connectivity index (χ1) is 9.23. The lowest BCUT2D eigenvalue weighted by Crippen LogP contribution is -2.47. The van der Waals surface area contributed by atoms with Crippen LogP contribution in [0.2, 0.25) is 0 Å². The minimum Gasteiger partial charge on any atom is -0.370 e. The quantitative estimate of drug-likeness (QED) is 0.370. The summed E-state index contributed by atoms with van der Waals surface area (Å²) in [6.07, 6.45) is 7.13. The summed E-state index contributed by atoms with van der Waals surface area (Å²) in [5, 5.41) is 0. The van der Waals surface area contributed by atoms with Crippen LogP contribution in [0, 0.1) is 5.92 Å². The number of hydrogen-bond donors (Lipinski definition) is 0. The van der Waals surface area contributed by atoms with Crippen molar-refractivity contribution >= 4 is 9.05 Å². The standard InChI is InChI=1S/C13H26O5Si/c1-4-16-19(14-2,15-3)17-9-5-6-11-7-8-12-13(10-11)18-12/h11-13H,4-10H2,1-3H3. The SMILES string of the molecule is CCO[Si](OC)(OC)OCCCC1CCC2OC2C1. The Hall–Kier alpha value is 0.0169. The lowest BCUT2D eigenvalue weighted by molar-refractivity contribution is -0.00734. The highest BCUT2D eigenvalue weighted by molar-refractivity contribution is 6.53. The number of ether oxygens (including phenoxy) is 1. The van der Waals surface area contributed by atoms with Crippen molar-refractivity contribution in [2.75, 3.05) is 27.4 Å². The lowest BCUT2D eigenvalue weighted by Gasteiger charge is -2.25. The first-order valence-electron chi connectivity index (χ1n) is 7.26. The topological polar surface area (TPSA) is 49.5 Å². The van der Waals surface area contributed by atoms with Gasteiger partial charge in [-0.25, -0.2) is 0 Å². The Kier molecular flexibility index (Phi) is 5.80. The Labute approximate surface area is 117 Å². The Balaban J connectivity index is 1.61. The van der Waals surface area contributed by atoms with Gasteiger partial charge in [-0.1, -0.05) is 0 Å². The second-order valence-electron chi connectivity index (χ2n) is 5.22. The van der Waals surface area contributed by atoms with E-state index in [1.54, 1.807) is 14.2 Å². The summed E-state index contributed by atoms with van der Waals surface area (Å²) >= 11 is 0. The molecular formula is C13H26O5Si. The molecule has 0 spiro atoms. The molecule has 19 heavy (non-hydrogen) atoms. The van der Waals surface area contributed by atoms with Crippen LogP contribution in [-0.4, -0.2) is 48.7 Å². The fraction of sp³-hybridized carbons (Fsp3) is 1.00. The van der Waals surface area contributed by atoms with Gasteiger partial charge in [0.1, 0.15) is 0 Å². The Morgan fingerprint density at radius 2 is 1.89 bits per heavy atom. The molecule has 5 nitrogen and oxygen atoms in total. The van der Waals surface area contributed by atoms with E-state index in [9.17, 15) is 0 Å². The molecule has 3 atom stereocenters. The summed E-state index contributed by atoms with van der Waals surface area (Å²) in [7, 11) is 0.301. The highest BCUT2D eigenvalue weighted by atomic mass is 28.4. The summed E-state index contributed by atoms with van der Waals surface area (Å²) < 4.78 is 27.4. The Morgan fingerprint density at radius 1 is 1.11 bits per heavy atom. The van der Waals surface area contributed by atoms with E-state index in [4.69, 9.17) is 22.4 Å². The van der Waals surface area contributed by atoms with Crippen LogP contribution in [0.1, 0.15) is 39.0 Å². The van der Waals surface area contributed by atoms with Crippen molar-refractivity contribution in [1.82, 2.24) is 0 Å². The predicted molar refractivity (Wildman–Crippen MR) is 72.6 cm³/mol. The van der Waals surface area contributed by atoms with Crippen molar-refractivity contribution in [1.29, 1.82) is 0 Å². The fourth-order valence-electron chi connectivity index (χ4n) is 2.86. The zero-order valence-corrected chi connectivity index (χ0v) is 13.2. The predicted octanol–water partition coefficient (Wildman–Crippen LogP) is 2.12. The van der Waals surface area contributed by atoms with Crippen LogP contribution in [-0.2, 0) is 22.4 Å². The van der Waals surface area contributed by atoms with Gasteiger partial charge in [0.05, 0.1) is 12.2 Å². The van der Waals surface area contributed by atoms with Gasteiger partial charge in [0.2, 0.25) is 0 Å². The maximum absolute atomic E-state index is 5.74. The Bertz CT molecular complexity index is 272. The minimum atomic E-state index is -2.86. The van der Waals surface area contributed by atoms with E-state index in [1.165, 1.54) is 25.7 Å². The monoisotopic (exact) mass is 290 g/mol. The van der Waals surface area contributed by atoms with E-state index in [2.05, 4.69) is 0 Å². The normalized spacial score (nSPS) is 30.2. The van der Waals surface area contributed by atoms with E-state index >= 15 is 0 Å². The van der Waals surface area contributed by atoms with Gasteiger partial charge in [-0.2, -0.15) is 0 Å². The molecule has 6 heteroatoms. The highest BCUT2D eigenvalue weighted by Crippen LogP contribution is 2.40. The number of fused-ring (bicyclic) bond motifs is 1. The van der Waals surface area contributed by atoms with E-state index in [0.717, 1.165) is 12.3 Å². The van der Waals surface area contributed by atoms with Crippen molar-refractivity contribution in [3.8, 4) is 0 Å². The molecule has 0 N–H and O–H groups in total. The molecular weight excluding hydrogens is 264 g/mol. The van der Waals surface area contributed by atoms with Crippen molar-refractivity contribution in [2.45, 2.75) is 51.2 Å². The van der Waals surface area contributed by atoms with Crippen molar-refractivity contribution < 1.29 is 22.4 Å². The van der Waals surface area contributed by atoms with E-state index in [0.29, 0.717) is 25.4 Å². The van der Waals surface area contributed by atoms with Crippen molar-refractivity contribution in [3.63, 3.8) is 0 Å². The third kappa shape index (κ3) is 4.24. The van der Waals surface area contributed by atoms with E-state index in [-0.39, 0.29) is 0 Å². The van der Waals surface area contributed by atoms with Gasteiger partial charge in [-0.05, 0) is 44.9 Å². The summed E-state index contributed by atoms with van der Waals surface area (Å²) in [4.78, 5) is 0. The van der Waals surface area contributed by atoms with Gasteiger partial charge in [0.25, 0.3) is 0 Å². The van der Waals surface area contributed by atoms with Gasteiger partial charge in [0.15, 0.2) is 0 Å². The molecule has 1 heterocycles. The van der Waals surface area contributed by atoms with Crippen LogP contribution in [0.3, 0.4) is 0 Å². The smallest absolute Gasteiger partial charge is 0.370 e. The molecule has 112 valence electrons. The number of epoxide rings is 1. The number of rotatable bonds is 9. The lowest BCUT2D eigenvalue weighted by atomic mass is 9.86. The second-order valence-corrected chi connectivity index (χ2v) is 7.62. The number of hydrogen-bond acceptors (Lipinski definition) is 5. The molecule has 0 aromatic rings. The molecule has 0 radical (unpaired) electrons. The third-order valence-corrected chi connectivity index (χ3v) is 6.17. The van der Waals surface area contributed by atoms with Crippen molar-refractivity contribution in [2.24, 2.45) is 5.92 Å². The molecule has 0 bridgehead atoms. The molecule has 0 amide bonds. The minimum absolute atomic E-state index is 0.539. The maximum Gasteiger partial charge on any atom is 0.679 e. The van der Waals surface area contributed by atoms with Crippen LogP contribution in [0.5, 0.6) is 0 Å². The van der Waals surface area contributed by atoms with Crippen LogP contribution in [0.15, 0.2) is 0 Å². The van der Waals surface area contributed by atoms with Gasteiger partial charge in [0, 0.05) is 27.4 Å². The van der Waals surface area contributed by atoms with Gasteiger partial charge < -0.3 is 22.4 Å². The molecule has 1 saturated heterocycles. The molecule has 3 unspecified atom stereocenters. The first-order valence-corrected chi connectivity index (χ1v) is 8.90. The van der Waals surface area contributed by atoms with E-state index < -0.39 is 9.05 Å². The van der Waals surface area contributed by atoms with Crippen LogP contribution >= 0.6 is 0 Å². The summed E-state index contributed by atoms with van der Waals surface area (Å²) in [6.45, 7) is 3.09. The van der Waals surface area contributed by atoms with Crippen molar-refractivity contribution in [3.05, 3.63) is 0 Å². The summed E-state index contributed by atoms with van der Waals surface area (Å²) in [5.74, 6) is 0.792. The first kappa shape index (κ1) is 15.4. The Morgan fingerprint density at radius 3 is 2.53 bits per heavy atom. The average Bonchev–Trinajstić information content (AvgIpc) is 3.21. The zero-order valence-electron chi connectivity index (χ0n) is 12.2. The molecule has 2 aliphatic rings. The van der Waals surface area contributed by atoms with Crippen LogP contribution in [0.4, 0.5) is 0 Å². The molecule has 1 aliphatic heterocycles. The molecule has 0 aromatic heterocycles. The third-order valence-electron chi connectivity index (χ3n) is 3.97. The summed E-state index contributed by atoms with van der Waals surface area (Å²) in [6, 6.07) is 0. The van der Waals surface area contributed by atoms with E-state index in [1.807, 2.05) is 6.92 Å². The maximum atomic E-state index is 5.74. The van der Waals surface area contributed by atoms with Crippen LogP contribution < -0.4 is 0 Å². The second kappa shape index (κ2) is 7.15. The zero-order chi connectivity index (χ0) is 13.7. The molecule has 2 fully saturated rings. The summed E-state index contributed by atoms with van der Waals surface area (Å²) in [5.41, 5.74) is 0. The fourth-order valence-corrected chi connectivity index (χ4v) is 4.32. The molecule has 0 aromatic carbocycles. The molecule has 1 saturated carbocycles. The molecule has 1 aliphatic carbocycles.